The number of furan rings is 1. The van der Waals surface area contributed by atoms with Gasteiger partial charge in [0.15, 0.2) is 11.5 Å². The fraction of sp³-hybridized carbons (Fsp3) is 0.348. The van der Waals surface area contributed by atoms with Gasteiger partial charge in [0.05, 0.1) is 18.4 Å². The number of phenolic OH excluding ortho intramolecular Hbond substituents is 1. The number of benzene rings is 2. The Morgan fingerprint density at radius 2 is 1.93 bits per heavy atom. The molecule has 1 aromatic heterocycles. The summed E-state index contributed by atoms with van der Waals surface area (Å²) in [4.78, 5) is 17.9. The van der Waals surface area contributed by atoms with Crippen molar-refractivity contribution in [3.05, 3.63) is 42.0 Å². The zero-order valence-corrected chi connectivity index (χ0v) is 18.3. The van der Waals surface area contributed by atoms with Gasteiger partial charge in [0.25, 0.3) is 0 Å². The Labute approximate surface area is 180 Å². The summed E-state index contributed by atoms with van der Waals surface area (Å²) in [5, 5.41) is 10.9. The van der Waals surface area contributed by atoms with E-state index in [4.69, 9.17) is 9.15 Å². The van der Waals surface area contributed by atoms with Gasteiger partial charge in [-0.25, -0.2) is 0 Å². The Bertz CT molecular complexity index is 1070. The number of rotatable bonds is 5. The van der Waals surface area contributed by atoms with Crippen LogP contribution < -0.4 is 4.74 Å². The Hall–Kier alpha value is -2.64. The van der Waals surface area contributed by atoms with E-state index in [0.29, 0.717) is 12.2 Å². The van der Waals surface area contributed by atoms with Crippen molar-refractivity contribution in [3.63, 3.8) is 0 Å². The van der Waals surface area contributed by atoms with E-state index in [1.165, 1.54) is 7.11 Å². The van der Waals surface area contributed by atoms with Crippen LogP contribution in [0.15, 0.2) is 45.7 Å². The minimum absolute atomic E-state index is 0.0905. The normalized spacial score (nSPS) is 15.0. The van der Waals surface area contributed by atoms with Crippen molar-refractivity contribution in [1.29, 1.82) is 0 Å². The summed E-state index contributed by atoms with van der Waals surface area (Å²) in [6.07, 6.45) is 2.40. The largest absolute Gasteiger partial charge is 0.504 e. The standard InChI is InChI=1S/C23H26N2O4S/c1-24-8-10-25(11-9-24)21(27)13-15-4-7-19-17(12-15)23(30-3)22(29-19)16-5-6-18(26)20(14-16)28-2/h4-7,12,14,26H,8-11,13H2,1-3H3. The van der Waals surface area contributed by atoms with Crippen LogP contribution in [0.2, 0.25) is 0 Å². The minimum Gasteiger partial charge on any atom is -0.504 e. The molecule has 30 heavy (non-hydrogen) atoms. The zero-order valence-electron chi connectivity index (χ0n) is 17.5. The van der Waals surface area contributed by atoms with E-state index in [1.807, 2.05) is 29.4 Å². The van der Waals surface area contributed by atoms with E-state index in [9.17, 15) is 9.90 Å². The number of phenols is 1. The van der Waals surface area contributed by atoms with Crippen LogP contribution in [0.5, 0.6) is 11.5 Å². The number of carbonyl (C=O) groups is 1. The Morgan fingerprint density at radius 3 is 2.63 bits per heavy atom. The van der Waals surface area contributed by atoms with E-state index in [2.05, 4.69) is 18.0 Å². The number of methoxy groups -OCH3 is 1. The number of amides is 1. The third-order valence-electron chi connectivity index (χ3n) is 5.56. The van der Waals surface area contributed by atoms with Gasteiger partial charge < -0.3 is 24.1 Å². The van der Waals surface area contributed by atoms with Gasteiger partial charge in [0, 0.05) is 37.1 Å². The lowest BCUT2D eigenvalue weighted by atomic mass is 10.1. The Balaban J connectivity index is 1.64. The number of fused-ring (bicyclic) bond motifs is 1. The van der Waals surface area contributed by atoms with Gasteiger partial charge in [-0.15, -0.1) is 11.8 Å². The highest BCUT2D eigenvalue weighted by molar-refractivity contribution is 7.99. The molecule has 3 aromatic rings. The molecule has 0 atom stereocenters. The number of nitrogens with zero attached hydrogens (tertiary/aromatic N) is 2. The van der Waals surface area contributed by atoms with Crippen molar-refractivity contribution in [2.24, 2.45) is 0 Å². The Morgan fingerprint density at radius 1 is 1.17 bits per heavy atom. The van der Waals surface area contributed by atoms with Gasteiger partial charge >= 0.3 is 0 Å². The average Bonchev–Trinajstić information content (AvgIpc) is 3.12. The SMILES string of the molecule is COc1cc(-c2oc3ccc(CC(=O)N4CCN(C)CC4)cc3c2SC)ccc1O. The predicted molar refractivity (Wildman–Crippen MR) is 119 cm³/mol. The molecule has 1 aliphatic rings. The molecule has 2 aromatic carbocycles. The van der Waals surface area contributed by atoms with E-state index in [1.54, 1.807) is 23.9 Å². The fourth-order valence-corrected chi connectivity index (χ4v) is 4.51. The van der Waals surface area contributed by atoms with E-state index < -0.39 is 0 Å². The van der Waals surface area contributed by atoms with Gasteiger partial charge in [-0.2, -0.15) is 0 Å². The molecular formula is C23H26N2O4S. The fourth-order valence-electron chi connectivity index (χ4n) is 3.79. The number of aromatic hydroxyl groups is 1. The summed E-state index contributed by atoms with van der Waals surface area (Å²) >= 11 is 1.60. The first-order chi connectivity index (χ1) is 14.5. The third-order valence-corrected chi connectivity index (χ3v) is 6.38. The lowest BCUT2D eigenvalue weighted by Crippen LogP contribution is -2.47. The molecule has 1 saturated heterocycles. The van der Waals surface area contributed by atoms with Crippen molar-refractivity contribution in [1.82, 2.24) is 9.80 Å². The molecule has 158 valence electrons. The summed E-state index contributed by atoms with van der Waals surface area (Å²) in [5.74, 6) is 1.39. The molecule has 0 unspecified atom stereocenters. The first-order valence-electron chi connectivity index (χ1n) is 9.93. The second kappa shape index (κ2) is 8.62. The molecule has 0 saturated carbocycles. The second-order valence-corrected chi connectivity index (χ2v) is 8.36. The van der Waals surface area contributed by atoms with Crippen molar-refractivity contribution < 1.29 is 19.1 Å². The van der Waals surface area contributed by atoms with Crippen molar-refractivity contribution >= 4 is 28.6 Å². The van der Waals surface area contributed by atoms with E-state index in [-0.39, 0.29) is 11.7 Å². The topological polar surface area (TPSA) is 66.2 Å². The number of hydrogen-bond acceptors (Lipinski definition) is 6. The van der Waals surface area contributed by atoms with Gasteiger partial charge in [-0.3, -0.25) is 4.79 Å². The molecule has 4 rings (SSSR count). The van der Waals surface area contributed by atoms with Gasteiger partial charge in [-0.05, 0) is 49.2 Å². The number of thioether (sulfide) groups is 1. The van der Waals surface area contributed by atoms with Crippen LogP contribution in [0, 0.1) is 0 Å². The first kappa shape index (κ1) is 20.6. The first-order valence-corrected chi connectivity index (χ1v) is 11.2. The number of piperazine rings is 1. The van der Waals surface area contributed by atoms with E-state index >= 15 is 0 Å². The van der Waals surface area contributed by atoms with Gasteiger partial charge in [0.2, 0.25) is 5.91 Å². The summed E-state index contributed by atoms with van der Waals surface area (Å²) in [6, 6.07) is 11.1. The number of hydrogen-bond donors (Lipinski definition) is 1. The lowest BCUT2D eigenvalue weighted by Gasteiger charge is -2.32. The van der Waals surface area contributed by atoms with Crippen LogP contribution >= 0.6 is 11.8 Å². The third kappa shape index (κ3) is 4.00. The molecule has 0 bridgehead atoms. The second-order valence-electron chi connectivity index (χ2n) is 7.54. The van der Waals surface area contributed by atoms with Crippen molar-refractivity contribution in [3.8, 4) is 22.8 Å². The van der Waals surface area contributed by atoms with Crippen molar-refractivity contribution in [2.75, 3.05) is 46.6 Å². The maximum absolute atomic E-state index is 12.7. The monoisotopic (exact) mass is 426 g/mol. The molecule has 0 radical (unpaired) electrons. The highest BCUT2D eigenvalue weighted by atomic mass is 32.2. The van der Waals surface area contributed by atoms with Crippen LogP contribution in [-0.2, 0) is 11.2 Å². The highest BCUT2D eigenvalue weighted by Gasteiger charge is 2.21. The number of likely N-dealkylation sites (N-methyl/N-ethyl adjacent to an activating group) is 1. The highest BCUT2D eigenvalue weighted by Crippen LogP contribution is 2.41. The van der Waals surface area contributed by atoms with E-state index in [0.717, 1.165) is 58.9 Å². The molecule has 6 nitrogen and oxygen atoms in total. The van der Waals surface area contributed by atoms with Gasteiger partial charge in [-0.1, -0.05) is 6.07 Å². The van der Waals surface area contributed by atoms with Crippen LogP contribution in [0.1, 0.15) is 5.56 Å². The van der Waals surface area contributed by atoms with Crippen LogP contribution in [0.3, 0.4) is 0 Å². The van der Waals surface area contributed by atoms with Gasteiger partial charge in [0.1, 0.15) is 11.3 Å². The predicted octanol–water partition coefficient (Wildman–Crippen LogP) is 3.85. The Kier molecular flexibility index (Phi) is 5.92. The molecule has 1 aliphatic heterocycles. The number of ether oxygens (including phenoxy) is 1. The maximum atomic E-state index is 12.7. The van der Waals surface area contributed by atoms with Crippen LogP contribution in [-0.4, -0.2) is 67.4 Å². The lowest BCUT2D eigenvalue weighted by molar-refractivity contribution is -0.132. The molecule has 2 heterocycles. The molecule has 7 heteroatoms. The summed E-state index contributed by atoms with van der Waals surface area (Å²) < 4.78 is 11.4. The summed E-state index contributed by atoms with van der Waals surface area (Å²) in [6.45, 7) is 3.41. The smallest absolute Gasteiger partial charge is 0.227 e. The molecule has 1 amide bonds. The molecule has 1 N–H and O–H groups in total. The quantitative estimate of drug-likeness (QED) is 0.625. The summed E-state index contributed by atoms with van der Waals surface area (Å²) in [7, 11) is 3.61. The van der Waals surface area contributed by atoms with Crippen LogP contribution in [0.25, 0.3) is 22.3 Å². The molecular weight excluding hydrogens is 400 g/mol. The zero-order chi connectivity index (χ0) is 21.3. The summed E-state index contributed by atoms with van der Waals surface area (Å²) in [5.41, 5.74) is 2.59. The average molecular weight is 427 g/mol. The van der Waals surface area contributed by atoms with Crippen molar-refractivity contribution in [2.45, 2.75) is 11.3 Å². The minimum atomic E-state index is 0.0905. The van der Waals surface area contributed by atoms with Crippen LogP contribution in [0.4, 0.5) is 0 Å². The molecule has 0 spiro atoms. The molecule has 0 aliphatic carbocycles. The maximum Gasteiger partial charge on any atom is 0.227 e. The molecule has 1 fully saturated rings. The number of carbonyl (C=O) groups excluding carboxylic acids is 1.